The van der Waals surface area contributed by atoms with Crippen molar-refractivity contribution < 1.29 is 28.9 Å². The first-order valence-electron chi connectivity index (χ1n) is 13.6. The monoisotopic (exact) mass is 488 g/mol. The zero-order valence-electron chi connectivity index (χ0n) is 22.6. The fourth-order valence-electron chi connectivity index (χ4n) is 10.3. The molecule has 0 radical (unpaired) electrons. The predicted octanol–water partition coefficient (Wildman–Crippen LogP) is 5.38. The number of ether oxygens (including phenoxy) is 3. The van der Waals surface area contributed by atoms with Crippen LogP contribution in [-0.2, 0) is 23.8 Å². The van der Waals surface area contributed by atoms with E-state index in [4.69, 9.17) is 14.2 Å². The maximum Gasteiger partial charge on any atom is 0.305 e. The lowest BCUT2D eigenvalue weighted by molar-refractivity contribution is -0.262. The molecular weight excluding hydrogens is 444 g/mol. The Morgan fingerprint density at radius 3 is 2.23 bits per heavy atom. The molecule has 5 aliphatic rings. The molecule has 196 valence electrons. The Balaban J connectivity index is 1.59. The van der Waals surface area contributed by atoms with Crippen LogP contribution in [0.1, 0.15) is 93.4 Å². The van der Waals surface area contributed by atoms with Gasteiger partial charge in [0.25, 0.3) is 6.29 Å². The van der Waals surface area contributed by atoms with Gasteiger partial charge in [0.15, 0.2) is 0 Å². The number of carbonyl (C=O) groups is 2. The van der Waals surface area contributed by atoms with E-state index >= 15 is 0 Å². The van der Waals surface area contributed by atoms with Gasteiger partial charge in [0.2, 0.25) is 0 Å². The maximum atomic E-state index is 12.1. The first kappa shape index (κ1) is 25.1. The summed E-state index contributed by atoms with van der Waals surface area (Å²) in [4.78, 5) is 24.1. The molecule has 0 amide bonds. The number of aliphatic hydroxyl groups is 1. The normalized spacial score (nSPS) is 49.8. The van der Waals surface area contributed by atoms with Crippen molar-refractivity contribution in [2.75, 3.05) is 0 Å². The van der Waals surface area contributed by atoms with Crippen LogP contribution in [0.2, 0.25) is 0 Å². The summed E-state index contributed by atoms with van der Waals surface area (Å²) in [5.41, 5.74) is 0.760. The molecule has 6 heteroatoms. The van der Waals surface area contributed by atoms with Gasteiger partial charge in [-0.1, -0.05) is 41.0 Å². The summed E-state index contributed by atoms with van der Waals surface area (Å²) < 4.78 is 17.4. The average Bonchev–Trinajstić information content (AvgIpc) is 3.15. The molecule has 0 saturated heterocycles. The molecule has 6 nitrogen and oxygen atoms in total. The number of fused-ring (bicyclic) bond motifs is 7. The molecule has 0 aromatic heterocycles. The molecule has 10 atom stereocenters. The summed E-state index contributed by atoms with van der Waals surface area (Å²) >= 11 is 0. The summed E-state index contributed by atoms with van der Waals surface area (Å²) in [6.45, 7) is 14.8. The van der Waals surface area contributed by atoms with Crippen LogP contribution < -0.4 is 0 Å². The number of hydrogen-bond acceptors (Lipinski definition) is 6. The van der Waals surface area contributed by atoms with Gasteiger partial charge >= 0.3 is 11.9 Å². The second kappa shape index (κ2) is 7.97. The summed E-state index contributed by atoms with van der Waals surface area (Å²) in [5.74, 6) is 0.0707. The molecule has 0 aromatic carbocycles. The van der Waals surface area contributed by atoms with Crippen LogP contribution in [0, 0.1) is 45.3 Å². The van der Waals surface area contributed by atoms with Gasteiger partial charge in [-0.15, -0.1) is 0 Å². The van der Waals surface area contributed by atoms with Crippen molar-refractivity contribution in [3.8, 4) is 0 Å². The topological polar surface area (TPSA) is 82.1 Å². The van der Waals surface area contributed by atoms with Crippen molar-refractivity contribution in [1.29, 1.82) is 0 Å². The minimum absolute atomic E-state index is 0.0139. The lowest BCUT2D eigenvalue weighted by atomic mass is 9.34. The zero-order valence-corrected chi connectivity index (χ0v) is 22.6. The van der Waals surface area contributed by atoms with Crippen molar-refractivity contribution in [1.82, 2.24) is 0 Å². The van der Waals surface area contributed by atoms with Crippen LogP contribution >= 0.6 is 0 Å². The van der Waals surface area contributed by atoms with E-state index in [2.05, 4.69) is 34.6 Å². The van der Waals surface area contributed by atoms with Crippen LogP contribution in [0.15, 0.2) is 11.8 Å². The molecule has 4 fully saturated rings. The molecule has 0 bridgehead atoms. The Kier molecular flexibility index (Phi) is 5.71. The summed E-state index contributed by atoms with van der Waals surface area (Å²) in [6.07, 6.45) is 7.26. The average molecular weight is 489 g/mol. The van der Waals surface area contributed by atoms with Crippen molar-refractivity contribution in [2.45, 2.75) is 112 Å². The smallest absolute Gasteiger partial charge is 0.305 e. The quantitative estimate of drug-likeness (QED) is 0.526. The first-order valence-corrected chi connectivity index (χ1v) is 13.6. The Labute approximate surface area is 210 Å². The largest absolute Gasteiger partial charge is 0.462 e. The fraction of sp³-hybridized carbons (Fsp3) is 0.862. The second-order valence-corrected chi connectivity index (χ2v) is 13.7. The standard InChI is InChI=1S/C29H44O6/c1-16(30)34-19-13-22-28(6)12-9-20-26(3,4)10-8-11-27(20,5)21(28)14-23(32)29(22,7)24-18(19)15-33-25(24)35-17(2)31/h15,19-25,32H,8-14H2,1-7H3/t19-,20-,21+,22+,23+,24-,25-,27+,28-,29-/m1/s1. The third kappa shape index (κ3) is 3.44. The number of aliphatic hydroxyl groups excluding tert-OH is 1. The van der Waals surface area contributed by atoms with E-state index in [-0.39, 0.29) is 28.6 Å². The van der Waals surface area contributed by atoms with Gasteiger partial charge in [0, 0.05) is 24.8 Å². The Morgan fingerprint density at radius 2 is 1.57 bits per heavy atom. The summed E-state index contributed by atoms with van der Waals surface area (Å²) in [6, 6.07) is 0. The van der Waals surface area contributed by atoms with Crippen molar-refractivity contribution in [2.24, 2.45) is 45.3 Å². The first-order chi connectivity index (χ1) is 16.2. The molecule has 0 aromatic rings. The van der Waals surface area contributed by atoms with E-state index < -0.39 is 29.9 Å². The van der Waals surface area contributed by atoms with Crippen LogP contribution in [0.25, 0.3) is 0 Å². The third-order valence-corrected chi connectivity index (χ3v) is 11.6. The number of rotatable bonds is 2. The SMILES string of the molecule is CC(=O)O[C@H]1OC=C2[C@H]1[C@@]1(C)[C@@H](O)C[C@H]3[C@@]4(C)CCCC(C)(C)[C@H]4CC[C@@]3(C)[C@@H]1C[C@H]2OC(C)=O. The Hall–Kier alpha value is -1.56. The molecule has 0 unspecified atom stereocenters. The van der Waals surface area contributed by atoms with Gasteiger partial charge in [-0.25, -0.2) is 0 Å². The van der Waals surface area contributed by atoms with Crippen LogP contribution in [-0.4, -0.2) is 35.5 Å². The van der Waals surface area contributed by atoms with E-state index in [0.717, 1.165) is 18.4 Å². The lowest BCUT2D eigenvalue weighted by Gasteiger charge is -2.71. The third-order valence-electron chi connectivity index (χ3n) is 11.6. The van der Waals surface area contributed by atoms with Gasteiger partial charge in [-0.05, 0) is 72.5 Å². The summed E-state index contributed by atoms with van der Waals surface area (Å²) in [5, 5.41) is 12.0. The van der Waals surface area contributed by atoms with Gasteiger partial charge in [0.05, 0.1) is 18.3 Å². The highest BCUT2D eigenvalue weighted by atomic mass is 16.7. The van der Waals surface area contributed by atoms with E-state index in [1.165, 1.54) is 39.5 Å². The highest BCUT2D eigenvalue weighted by Gasteiger charge is 2.71. The van der Waals surface area contributed by atoms with Crippen LogP contribution in [0.5, 0.6) is 0 Å². The molecule has 1 heterocycles. The lowest BCUT2D eigenvalue weighted by Crippen LogP contribution is -2.68. The van der Waals surface area contributed by atoms with E-state index in [0.29, 0.717) is 23.7 Å². The van der Waals surface area contributed by atoms with Gasteiger partial charge in [0.1, 0.15) is 6.10 Å². The Morgan fingerprint density at radius 1 is 0.914 bits per heavy atom. The number of carbonyl (C=O) groups excluding carboxylic acids is 2. The molecule has 4 saturated carbocycles. The molecule has 4 aliphatic carbocycles. The zero-order chi connectivity index (χ0) is 25.6. The second-order valence-electron chi connectivity index (χ2n) is 13.7. The molecule has 0 spiro atoms. The highest BCUT2D eigenvalue weighted by molar-refractivity contribution is 5.67. The molecule has 35 heavy (non-hydrogen) atoms. The molecular formula is C29H44O6. The minimum atomic E-state index is -0.802. The summed E-state index contributed by atoms with van der Waals surface area (Å²) in [7, 11) is 0. The predicted molar refractivity (Wildman–Crippen MR) is 131 cm³/mol. The number of esters is 2. The Bertz CT molecular complexity index is 939. The van der Waals surface area contributed by atoms with Crippen molar-refractivity contribution in [3.63, 3.8) is 0 Å². The van der Waals surface area contributed by atoms with Crippen molar-refractivity contribution >= 4 is 11.9 Å². The van der Waals surface area contributed by atoms with E-state index in [1.54, 1.807) is 6.26 Å². The van der Waals surface area contributed by atoms with Gasteiger partial charge in [-0.3, -0.25) is 9.59 Å². The number of hydrogen-bond donors (Lipinski definition) is 1. The maximum absolute atomic E-state index is 12.1. The molecule has 1 N–H and O–H groups in total. The van der Waals surface area contributed by atoms with Gasteiger partial charge in [-0.2, -0.15) is 0 Å². The molecule has 1 aliphatic heterocycles. The molecule has 5 rings (SSSR count). The van der Waals surface area contributed by atoms with Crippen molar-refractivity contribution in [3.05, 3.63) is 11.8 Å². The van der Waals surface area contributed by atoms with Gasteiger partial charge < -0.3 is 19.3 Å². The van der Waals surface area contributed by atoms with Crippen LogP contribution in [0.4, 0.5) is 0 Å². The van der Waals surface area contributed by atoms with E-state index in [9.17, 15) is 14.7 Å². The van der Waals surface area contributed by atoms with Crippen LogP contribution in [0.3, 0.4) is 0 Å². The highest BCUT2D eigenvalue weighted by Crippen LogP contribution is 2.74. The fourth-order valence-corrected chi connectivity index (χ4v) is 10.3. The van der Waals surface area contributed by atoms with E-state index in [1.807, 2.05) is 0 Å². The minimum Gasteiger partial charge on any atom is -0.462 e.